The van der Waals surface area contributed by atoms with Gasteiger partial charge in [0.1, 0.15) is 5.82 Å². The summed E-state index contributed by atoms with van der Waals surface area (Å²) < 4.78 is 18.1. The van der Waals surface area contributed by atoms with Crippen LogP contribution in [0.15, 0.2) is 24.3 Å². The lowest BCUT2D eigenvalue weighted by Crippen LogP contribution is -2.37. The molecule has 0 aromatic heterocycles. The smallest absolute Gasteiger partial charge is 0.162 e. The first-order valence-corrected chi connectivity index (χ1v) is 7.23. The molecule has 1 aromatic rings. The first kappa shape index (κ1) is 15.1. The van der Waals surface area contributed by atoms with E-state index in [4.69, 9.17) is 4.74 Å². The van der Waals surface area contributed by atoms with Crippen LogP contribution in [0.5, 0.6) is 0 Å². The number of benzene rings is 1. The molecule has 0 bridgehead atoms. The third-order valence-electron chi connectivity index (χ3n) is 3.90. The lowest BCUT2D eigenvalue weighted by atomic mass is 10.0. The van der Waals surface area contributed by atoms with Crippen molar-refractivity contribution in [3.05, 3.63) is 35.6 Å². The van der Waals surface area contributed by atoms with Crippen molar-refractivity contribution in [2.75, 3.05) is 26.8 Å². The number of halogens is 1. The van der Waals surface area contributed by atoms with E-state index in [0.717, 1.165) is 39.0 Å². The van der Waals surface area contributed by atoms with E-state index in [1.54, 1.807) is 12.1 Å². The molecule has 110 valence electrons. The summed E-state index contributed by atoms with van der Waals surface area (Å²) in [6.45, 7) is 2.59. The van der Waals surface area contributed by atoms with Gasteiger partial charge in [0, 0.05) is 31.2 Å². The van der Waals surface area contributed by atoms with E-state index in [2.05, 4.69) is 11.9 Å². The molecule has 1 aromatic carbocycles. The quantitative estimate of drug-likeness (QED) is 0.750. The normalized spacial score (nSPS) is 16.6. The lowest BCUT2D eigenvalue weighted by molar-refractivity contribution is 0.0425. The van der Waals surface area contributed by atoms with Gasteiger partial charge in [-0.3, -0.25) is 4.79 Å². The maximum atomic E-state index is 12.8. The van der Waals surface area contributed by atoms with Crippen molar-refractivity contribution in [2.45, 2.75) is 31.7 Å². The molecule has 4 heteroatoms. The van der Waals surface area contributed by atoms with Gasteiger partial charge in [-0.2, -0.15) is 0 Å². The van der Waals surface area contributed by atoms with E-state index < -0.39 is 0 Å². The molecule has 0 amide bonds. The Balaban J connectivity index is 1.72. The minimum atomic E-state index is -0.305. The summed E-state index contributed by atoms with van der Waals surface area (Å²) in [5, 5.41) is 0. The number of hydrogen-bond acceptors (Lipinski definition) is 3. The van der Waals surface area contributed by atoms with Gasteiger partial charge in [0.15, 0.2) is 5.78 Å². The van der Waals surface area contributed by atoms with Crippen LogP contribution in [0.1, 0.15) is 36.0 Å². The summed E-state index contributed by atoms with van der Waals surface area (Å²) in [4.78, 5) is 14.3. The van der Waals surface area contributed by atoms with Crippen LogP contribution in [0.2, 0.25) is 0 Å². The maximum absolute atomic E-state index is 12.8. The first-order chi connectivity index (χ1) is 9.66. The molecule has 1 heterocycles. The predicted octanol–water partition coefficient (Wildman–Crippen LogP) is 2.90. The summed E-state index contributed by atoms with van der Waals surface area (Å²) >= 11 is 0. The van der Waals surface area contributed by atoms with Crippen LogP contribution in [-0.4, -0.2) is 43.5 Å². The molecular weight excluding hydrogens is 257 g/mol. The average molecular weight is 279 g/mol. The van der Waals surface area contributed by atoms with Gasteiger partial charge < -0.3 is 9.64 Å². The summed E-state index contributed by atoms with van der Waals surface area (Å²) in [5.41, 5.74) is 0.597. The lowest BCUT2D eigenvalue weighted by Gasteiger charge is -2.31. The SMILES string of the molecule is CN(CCCC(=O)c1ccc(F)cc1)C1CCOCC1. The fourth-order valence-electron chi connectivity index (χ4n) is 2.58. The molecule has 0 spiro atoms. The summed E-state index contributed by atoms with van der Waals surface area (Å²) in [6, 6.07) is 6.35. The largest absolute Gasteiger partial charge is 0.381 e. The van der Waals surface area contributed by atoms with Gasteiger partial charge in [-0.15, -0.1) is 0 Å². The molecular formula is C16H22FNO2. The van der Waals surface area contributed by atoms with Crippen LogP contribution in [-0.2, 0) is 4.74 Å². The minimum Gasteiger partial charge on any atom is -0.381 e. The van der Waals surface area contributed by atoms with Crippen molar-refractivity contribution in [3.63, 3.8) is 0 Å². The predicted molar refractivity (Wildman–Crippen MR) is 76.4 cm³/mol. The van der Waals surface area contributed by atoms with E-state index in [-0.39, 0.29) is 11.6 Å². The number of carbonyl (C=O) groups is 1. The van der Waals surface area contributed by atoms with E-state index in [1.807, 2.05) is 0 Å². The average Bonchev–Trinajstić information content (AvgIpc) is 2.48. The monoisotopic (exact) mass is 279 g/mol. The number of carbonyl (C=O) groups excluding carboxylic acids is 1. The second-order valence-electron chi connectivity index (χ2n) is 5.36. The molecule has 0 saturated carbocycles. The van der Waals surface area contributed by atoms with Crippen molar-refractivity contribution in [2.24, 2.45) is 0 Å². The van der Waals surface area contributed by atoms with Gasteiger partial charge in [-0.05, 0) is 57.1 Å². The van der Waals surface area contributed by atoms with Crippen LogP contribution >= 0.6 is 0 Å². The highest BCUT2D eigenvalue weighted by Gasteiger charge is 2.18. The van der Waals surface area contributed by atoms with Gasteiger partial charge in [-0.25, -0.2) is 4.39 Å². The Bertz CT molecular complexity index is 427. The molecule has 1 saturated heterocycles. The molecule has 0 unspecified atom stereocenters. The molecule has 0 atom stereocenters. The number of ketones is 1. The van der Waals surface area contributed by atoms with E-state index >= 15 is 0 Å². The highest BCUT2D eigenvalue weighted by atomic mass is 19.1. The molecule has 0 N–H and O–H groups in total. The van der Waals surface area contributed by atoms with E-state index in [1.165, 1.54) is 12.1 Å². The van der Waals surface area contributed by atoms with Gasteiger partial charge in [0.25, 0.3) is 0 Å². The van der Waals surface area contributed by atoms with Crippen molar-refractivity contribution >= 4 is 5.78 Å². The zero-order valence-corrected chi connectivity index (χ0v) is 12.0. The zero-order chi connectivity index (χ0) is 14.4. The molecule has 2 rings (SSSR count). The minimum absolute atomic E-state index is 0.0883. The Kier molecular flexibility index (Phi) is 5.68. The Morgan fingerprint density at radius 2 is 1.95 bits per heavy atom. The molecule has 1 aliphatic rings. The third-order valence-corrected chi connectivity index (χ3v) is 3.90. The Labute approximate surface area is 119 Å². The van der Waals surface area contributed by atoms with Crippen LogP contribution < -0.4 is 0 Å². The van der Waals surface area contributed by atoms with Crippen molar-refractivity contribution < 1.29 is 13.9 Å². The van der Waals surface area contributed by atoms with Crippen LogP contribution in [0.25, 0.3) is 0 Å². The molecule has 1 aliphatic heterocycles. The summed E-state index contributed by atoms with van der Waals surface area (Å²) in [6.07, 6.45) is 3.49. The molecule has 3 nitrogen and oxygen atoms in total. The number of hydrogen-bond donors (Lipinski definition) is 0. The topological polar surface area (TPSA) is 29.5 Å². The van der Waals surface area contributed by atoms with E-state index in [0.29, 0.717) is 18.0 Å². The fourth-order valence-corrected chi connectivity index (χ4v) is 2.58. The zero-order valence-electron chi connectivity index (χ0n) is 12.0. The molecule has 1 fully saturated rings. The Morgan fingerprint density at radius 3 is 2.60 bits per heavy atom. The van der Waals surface area contributed by atoms with Crippen molar-refractivity contribution in [1.82, 2.24) is 4.90 Å². The second kappa shape index (κ2) is 7.50. The molecule has 0 radical (unpaired) electrons. The molecule has 0 aliphatic carbocycles. The summed E-state index contributed by atoms with van der Waals surface area (Å²) in [7, 11) is 2.11. The molecule has 20 heavy (non-hydrogen) atoms. The highest BCUT2D eigenvalue weighted by Crippen LogP contribution is 2.14. The number of Topliss-reactive ketones (excluding diaryl/α,β-unsaturated/α-hetero) is 1. The fraction of sp³-hybridized carbons (Fsp3) is 0.562. The third kappa shape index (κ3) is 4.39. The van der Waals surface area contributed by atoms with Crippen molar-refractivity contribution in [1.29, 1.82) is 0 Å². The van der Waals surface area contributed by atoms with E-state index in [9.17, 15) is 9.18 Å². The van der Waals surface area contributed by atoms with Crippen LogP contribution in [0, 0.1) is 5.82 Å². The Hall–Kier alpha value is -1.26. The second-order valence-corrected chi connectivity index (χ2v) is 5.36. The Morgan fingerprint density at radius 1 is 1.30 bits per heavy atom. The van der Waals surface area contributed by atoms with Gasteiger partial charge in [-0.1, -0.05) is 0 Å². The maximum Gasteiger partial charge on any atom is 0.162 e. The standard InChI is InChI=1S/C16H22FNO2/c1-18(15-8-11-20-12-9-15)10-2-3-16(19)13-4-6-14(17)7-5-13/h4-7,15H,2-3,8-12H2,1H3. The number of ether oxygens (including phenoxy) is 1. The number of rotatable bonds is 6. The number of nitrogens with zero attached hydrogens (tertiary/aromatic N) is 1. The van der Waals surface area contributed by atoms with Gasteiger partial charge >= 0.3 is 0 Å². The highest BCUT2D eigenvalue weighted by molar-refractivity contribution is 5.95. The first-order valence-electron chi connectivity index (χ1n) is 7.23. The van der Waals surface area contributed by atoms with Crippen LogP contribution in [0.4, 0.5) is 4.39 Å². The summed E-state index contributed by atoms with van der Waals surface area (Å²) in [5.74, 6) is -0.217. The van der Waals surface area contributed by atoms with Gasteiger partial charge in [0.2, 0.25) is 0 Å². The van der Waals surface area contributed by atoms with Crippen molar-refractivity contribution in [3.8, 4) is 0 Å². The van der Waals surface area contributed by atoms with Gasteiger partial charge in [0.05, 0.1) is 0 Å². The van der Waals surface area contributed by atoms with Crippen LogP contribution in [0.3, 0.4) is 0 Å².